The Morgan fingerprint density at radius 3 is 2.56 bits per heavy atom. The molecule has 2 aromatic heterocycles. The van der Waals surface area contributed by atoms with E-state index in [1.54, 1.807) is 43.9 Å². The summed E-state index contributed by atoms with van der Waals surface area (Å²) in [6, 6.07) is 17.2. The molecule has 2 heterocycles. The van der Waals surface area contributed by atoms with Gasteiger partial charge in [-0.25, -0.2) is 14.2 Å². The molecule has 0 aliphatic carbocycles. The van der Waals surface area contributed by atoms with E-state index in [0.717, 1.165) is 5.56 Å². The van der Waals surface area contributed by atoms with Crippen LogP contribution in [0.3, 0.4) is 0 Å². The second kappa shape index (κ2) is 9.43. The summed E-state index contributed by atoms with van der Waals surface area (Å²) < 4.78 is 20.7. The van der Waals surface area contributed by atoms with Gasteiger partial charge in [-0.3, -0.25) is 9.48 Å². The molecule has 0 fully saturated rings. The van der Waals surface area contributed by atoms with Crippen LogP contribution in [0.4, 0.5) is 4.39 Å². The summed E-state index contributed by atoms with van der Waals surface area (Å²) in [5.74, 6) is -1.41. The van der Waals surface area contributed by atoms with Crippen molar-refractivity contribution in [2.45, 2.75) is 26.5 Å². The van der Waals surface area contributed by atoms with Crippen molar-refractivity contribution in [3.8, 4) is 11.3 Å². The number of aryl methyl sites for hydroxylation is 2. The topological polar surface area (TPSA) is 77.3 Å². The van der Waals surface area contributed by atoms with E-state index in [1.165, 1.54) is 24.0 Å². The molecule has 2 aromatic carbocycles. The van der Waals surface area contributed by atoms with E-state index in [1.807, 2.05) is 30.3 Å². The standard InChI is InChI=1S/C26H25FN4O3/c1-16-23-21(14-22(19-10-6-5-7-11-19)28-24(23)31(4)29-16)26(33)34-17(2)25(32)30(3)15-18-9-8-12-20(27)13-18/h5-14,17H,15H2,1-4H3. The third kappa shape index (κ3) is 4.66. The molecule has 4 aromatic rings. The fraction of sp³-hybridized carbons (Fsp3) is 0.231. The Kier molecular flexibility index (Phi) is 6.40. The molecule has 0 aliphatic rings. The SMILES string of the molecule is Cc1nn(C)c2nc(-c3ccccc3)cc(C(=O)OC(C)C(=O)N(C)Cc3cccc(F)c3)c12. The Morgan fingerprint density at radius 2 is 1.85 bits per heavy atom. The molecule has 0 N–H and O–H groups in total. The summed E-state index contributed by atoms with van der Waals surface area (Å²) in [4.78, 5) is 32.2. The van der Waals surface area contributed by atoms with Gasteiger partial charge >= 0.3 is 5.97 Å². The lowest BCUT2D eigenvalue weighted by molar-refractivity contribution is -0.139. The summed E-state index contributed by atoms with van der Waals surface area (Å²) in [5, 5.41) is 4.99. The molecule has 0 saturated heterocycles. The Balaban J connectivity index is 1.60. The number of ether oxygens (including phenoxy) is 1. The molecule has 0 aliphatic heterocycles. The van der Waals surface area contributed by atoms with Gasteiger partial charge in [-0.05, 0) is 37.6 Å². The predicted octanol–water partition coefficient (Wildman–Crippen LogP) is 4.29. The van der Waals surface area contributed by atoms with Crippen LogP contribution in [-0.4, -0.2) is 44.7 Å². The fourth-order valence-electron chi connectivity index (χ4n) is 3.93. The number of aromatic nitrogens is 3. The van der Waals surface area contributed by atoms with Crippen LogP contribution in [0, 0.1) is 12.7 Å². The average molecular weight is 461 g/mol. The van der Waals surface area contributed by atoms with E-state index in [4.69, 9.17) is 9.72 Å². The molecule has 34 heavy (non-hydrogen) atoms. The van der Waals surface area contributed by atoms with Crippen LogP contribution >= 0.6 is 0 Å². The molecular formula is C26H25FN4O3. The van der Waals surface area contributed by atoms with E-state index < -0.39 is 18.0 Å². The fourth-order valence-corrected chi connectivity index (χ4v) is 3.93. The van der Waals surface area contributed by atoms with Gasteiger partial charge in [0.25, 0.3) is 5.91 Å². The minimum Gasteiger partial charge on any atom is -0.449 e. The lowest BCUT2D eigenvalue weighted by Gasteiger charge is -2.22. The molecule has 0 saturated carbocycles. The number of nitrogens with zero attached hydrogens (tertiary/aromatic N) is 4. The van der Waals surface area contributed by atoms with Gasteiger partial charge in [-0.1, -0.05) is 42.5 Å². The summed E-state index contributed by atoms with van der Waals surface area (Å²) in [6.45, 7) is 3.51. The zero-order valence-electron chi connectivity index (χ0n) is 19.4. The number of halogens is 1. The summed E-state index contributed by atoms with van der Waals surface area (Å²) in [7, 11) is 3.35. The highest BCUT2D eigenvalue weighted by Gasteiger charge is 2.26. The number of carbonyl (C=O) groups excluding carboxylic acids is 2. The average Bonchev–Trinajstić information content (AvgIpc) is 3.11. The number of benzene rings is 2. The number of rotatable bonds is 6. The highest BCUT2D eigenvalue weighted by atomic mass is 19.1. The van der Waals surface area contributed by atoms with Crippen molar-refractivity contribution in [1.82, 2.24) is 19.7 Å². The van der Waals surface area contributed by atoms with Gasteiger partial charge in [-0.2, -0.15) is 5.10 Å². The van der Waals surface area contributed by atoms with E-state index in [-0.39, 0.29) is 12.4 Å². The number of carbonyl (C=O) groups is 2. The lowest BCUT2D eigenvalue weighted by atomic mass is 10.1. The molecule has 1 amide bonds. The van der Waals surface area contributed by atoms with E-state index in [2.05, 4.69) is 5.10 Å². The molecule has 4 rings (SSSR count). The minimum atomic E-state index is -1.04. The van der Waals surface area contributed by atoms with Gasteiger partial charge in [0, 0.05) is 26.2 Å². The molecular weight excluding hydrogens is 435 g/mol. The molecule has 8 heteroatoms. The smallest absolute Gasteiger partial charge is 0.339 e. The largest absolute Gasteiger partial charge is 0.449 e. The van der Waals surface area contributed by atoms with Crippen LogP contribution in [0.1, 0.15) is 28.5 Å². The molecule has 0 bridgehead atoms. The first-order valence-corrected chi connectivity index (χ1v) is 10.8. The van der Waals surface area contributed by atoms with Crippen LogP contribution in [0.2, 0.25) is 0 Å². The lowest BCUT2D eigenvalue weighted by Crippen LogP contribution is -2.37. The number of amides is 1. The second-order valence-corrected chi connectivity index (χ2v) is 8.20. The Hall–Kier alpha value is -4.07. The van der Waals surface area contributed by atoms with Crippen molar-refractivity contribution in [2.75, 3.05) is 7.05 Å². The van der Waals surface area contributed by atoms with Crippen LogP contribution in [-0.2, 0) is 23.1 Å². The zero-order chi connectivity index (χ0) is 24.4. The van der Waals surface area contributed by atoms with Crippen molar-refractivity contribution >= 4 is 22.9 Å². The molecule has 1 unspecified atom stereocenters. The zero-order valence-corrected chi connectivity index (χ0v) is 19.4. The Labute approximate surface area is 196 Å². The maximum atomic E-state index is 13.5. The number of fused-ring (bicyclic) bond motifs is 1. The molecule has 0 radical (unpaired) electrons. The molecule has 0 spiro atoms. The van der Waals surface area contributed by atoms with Gasteiger partial charge in [0.2, 0.25) is 0 Å². The molecule has 7 nitrogen and oxygen atoms in total. The first kappa shape index (κ1) is 23.1. The highest BCUT2D eigenvalue weighted by Crippen LogP contribution is 2.27. The number of esters is 1. The minimum absolute atomic E-state index is 0.192. The monoisotopic (exact) mass is 460 g/mol. The first-order chi connectivity index (χ1) is 16.2. The van der Waals surface area contributed by atoms with Crippen LogP contribution in [0.15, 0.2) is 60.7 Å². The van der Waals surface area contributed by atoms with Crippen molar-refractivity contribution in [3.63, 3.8) is 0 Å². The second-order valence-electron chi connectivity index (χ2n) is 8.20. The first-order valence-electron chi connectivity index (χ1n) is 10.8. The highest BCUT2D eigenvalue weighted by molar-refractivity contribution is 6.05. The summed E-state index contributed by atoms with van der Waals surface area (Å²) >= 11 is 0. The summed E-state index contributed by atoms with van der Waals surface area (Å²) in [6.07, 6.45) is -1.04. The summed E-state index contributed by atoms with van der Waals surface area (Å²) in [5.41, 5.74) is 3.57. The van der Waals surface area contributed by atoms with E-state index >= 15 is 0 Å². The van der Waals surface area contributed by atoms with E-state index in [9.17, 15) is 14.0 Å². The Morgan fingerprint density at radius 1 is 1.12 bits per heavy atom. The number of hydrogen-bond acceptors (Lipinski definition) is 5. The third-order valence-corrected chi connectivity index (χ3v) is 5.57. The quantitative estimate of drug-likeness (QED) is 0.401. The molecule has 1 atom stereocenters. The van der Waals surface area contributed by atoms with Gasteiger partial charge in [0.05, 0.1) is 22.3 Å². The molecule has 174 valence electrons. The normalized spacial score (nSPS) is 11.9. The van der Waals surface area contributed by atoms with Crippen LogP contribution in [0.5, 0.6) is 0 Å². The third-order valence-electron chi connectivity index (χ3n) is 5.57. The maximum Gasteiger partial charge on any atom is 0.339 e. The van der Waals surface area contributed by atoms with Gasteiger partial charge in [0.15, 0.2) is 11.8 Å². The Bertz CT molecular complexity index is 1370. The van der Waals surface area contributed by atoms with Crippen LogP contribution in [0.25, 0.3) is 22.3 Å². The van der Waals surface area contributed by atoms with Gasteiger partial charge in [0.1, 0.15) is 5.82 Å². The van der Waals surface area contributed by atoms with E-state index in [0.29, 0.717) is 33.5 Å². The predicted molar refractivity (Wildman–Crippen MR) is 126 cm³/mol. The van der Waals surface area contributed by atoms with Crippen molar-refractivity contribution in [1.29, 1.82) is 0 Å². The number of pyridine rings is 1. The van der Waals surface area contributed by atoms with Crippen molar-refractivity contribution < 1.29 is 18.7 Å². The maximum absolute atomic E-state index is 13.5. The number of likely N-dealkylation sites (N-methyl/N-ethyl adjacent to an activating group) is 1. The van der Waals surface area contributed by atoms with Gasteiger partial charge < -0.3 is 9.64 Å². The van der Waals surface area contributed by atoms with Gasteiger partial charge in [-0.15, -0.1) is 0 Å². The van der Waals surface area contributed by atoms with Crippen LogP contribution < -0.4 is 0 Å². The number of hydrogen-bond donors (Lipinski definition) is 0. The van der Waals surface area contributed by atoms with Crippen molar-refractivity contribution in [3.05, 3.63) is 83.3 Å². The van der Waals surface area contributed by atoms with Crippen molar-refractivity contribution in [2.24, 2.45) is 7.05 Å².